The normalized spacial score (nSPS) is 24.3. The van der Waals surface area contributed by atoms with E-state index in [-0.39, 0.29) is 11.5 Å². The van der Waals surface area contributed by atoms with Gasteiger partial charge in [-0.15, -0.1) is 0 Å². The second-order valence-electron chi connectivity index (χ2n) is 5.70. The molecule has 5 nitrogen and oxygen atoms in total. The van der Waals surface area contributed by atoms with Crippen molar-refractivity contribution in [1.29, 1.82) is 0 Å². The predicted molar refractivity (Wildman–Crippen MR) is 79.0 cm³/mol. The summed E-state index contributed by atoms with van der Waals surface area (Å²) in [5.74, 6) is -0.241. The zero-order valence-electron chi connectivity index (χ0n) is 11.6. The Bertz CT molecular complexity index is 800. The van der Waals surface area contributed by atoms with Crippen LogP contribution in [-0.4, -0.2) is 29.7 Å². The fraction of sp³-hybridized carbons (Fsp3) is 0.357. The summed E-state index contributed by atoms with van der Waals surface area (Å²) in [6.45, 7) is 1.83. The highest BCUT2D eigenvalue weighted by atomic mass is 32.2. The highest BCUT2D eigenvalue weighted by molar-refractivity contribution is 7.91. The fourth-order valence-corrected chi connectivity index (χ4v) is 4.82. The van der Waals surface area contributed by atoms with E-state index in [0.717, 1.165) is 0 Å². The molecule has 0 saturated carbocycles. The van der Waals surface area contributed by atoms with E-state index in [2.05, 4.69) is 5.10 Å². The lowest BCUT2D eigenvalue weighted by Gasteiger charge is -2.22. The number of nitrogen functional groups attached to an aromatic ring is 1. The molecule has 21 heavy (non-hydrogen) atoms. The Hall–Kier alpha value is -1.89. The number of hydrogen-bond acceptors (Lipinski definition) is 4. The van der Waals surface area contributed by atoms with Gasteiger partial charge in [0, 0.05) is 11.8 Å². The van der Waals surface area contributed by atoms with Crippen molar-refractivity contribution in [2.75, 3.05) is 17.2 Å². The molecule has 2 aromatic rings. The molecule has 0 spiro atoms. The Balaban J connectivity index is 2.05. The lowest BCUT2D eigenvalue weighted by Crippen LogP contribution is -2.31. The summed E-state index contributed by atoms with van der Waals surface area (Å²) in [5, 5.41) is 4.35. The lowest BCUT2D eigenvalue weighted by molar-refractivity contribution is 0.329. The monoisotopic (exact) mass is 309 g/mol. The number of benzene rings is 1. The Kier molecular flexibility index (Phi) is 3.05. The van der Waals surface area contributed by atoms with Gasteiger partial charge in [0.25, 0.3) is 0 Å². The maximum Gasteiger partial charge on any atom is 0.152 e. The van der Waals surface area contributed by atoms with Crippen molar-refractivity contribution in [3.8, 4) is 11.3 Å². The van der Waals surface area contributed by atoms with Gasteiger partial charge in [-0.1, -0.05) is 12.1 Å². The van der Waals surface area contributed by atoms with Gasteiger partial charge in [0.05, 0.1) is 22.7 Å². The summed E-state index contributed by atoms with van der Waals surface area (Å²) in [5.41, 5.74) is 6.31. The van der Waals surface area contributed by atoms with Gasteiger partial charge in [-0.2, -0.15) is 5.10 Å². The van der Waals surface area contributed by atoms with Crippen molar-refractivity contribution < 1.29 is 12.8 Å². The third-order valence-electron chi connectivity index (χ3n) is 3.91. The Morgan fingerprint density at radius 3 is 2.71 bits per heavy atom. The Morgan fingerprint density at radius 2 is 2.10 bits per heavy atom. The number of anilines is 1. The van der Waals surface area contributed by atoms with Gasteiger partial charge in [-0.3, -0.25) is 4.68 Å². The molecule has 1 aromatic heterocycles. The molecular formula is C14H16FN3O2S. The molecule has 1 saturated heterocycles. The molecule has 2 heterocycles. The molecule has 0 bridgehead atoms. The number of rotatable bonds is 2. The maximum atomic E-state index is 13.9. The van der Waals surface area contributed by atoms with Crippen LogP contribution in [0.1, 0.15) is 13.3 Å². The summed E-state index contributed by atoms with van der Waals surface area (Å²) in [4.78, 5) is 0. The topological polar surface area (TPSA) is 78.0 Å². The first-order valence-corrected chi connectivity index (χ1v) is 8.44. The molecule has 0 amide bonds. The zero-order valence-corrected chi connectivity index (χ0v) is 12.4. The minimum Gasteiger partial charge on any atom is -0.396 e. The number of sulfone groups is 1. The molecule has 0 aliphatic carbocycles. The number of halogens is 1. The van der Waals surface area contributed by atoms with Gasteiger partial charge in [0.15, 0.2) is 9.84 Å². The van der Waals surface area contributed by atoms with E-state index in [1.165, 1.54) is 6.07 Å². The first-order chi connectivity index (χ1) is 9.81. The van der Waals surface area contributed by atoms with Gasteiger partial charge < -0.3 is 5.73 Å². The number of nitrogens with zero attached hydrogens (tertiary/aromatic N) is 2. The van der Waals surface area contributed by atoms with E-state index in [0.29, 0.717) is 23.4 Å². The van der Waals surface area contributed by atoms with Crippen LogP contribution in [0.3, 0.4) is 0 Å². The van der Waals surface area contributed by atoms with Gasteiger partial charge in [0.1, 0.15) is 11.5 Å². The molecule has 1 aliphatic rings. The number of nitrogens with two attached hydrogens (primary N) is 1. The van der Waals surface area contributed by atoms with Crippen molar-refractivity contribution in [3.63, 3.8) is 0 Å². The zero-order chi connectivity index (χ0) is 15.3. The van der Waals surface area contributed by atoms with Crippen molar-refractivity contribution in [1.82, 2.24) is 9.78 Å². The van der Waals surface area contributed by atoms with Crippen LogP contribution in [0.4, 0.5) is 10.1 Å². The summed E-state index contributed by atoms with van der Waals surface area (Å²) in [6, 6.07) is 6.25. The quantitative estimate of drug-likeness (QED) is 0.917. The SMILES string of the molecule is CC1(n2cc(N)c(-c3ccccc3F)n2)CCS(=O)(=O)C1. The standard InChI is InChI=1S/C14H16FN3O2S/c1-14(6-7-21(19,20)9-14)18-8-12(16)13(17-18)10-4-2-3-5-11(10)15/h2-5,8H,6-7,9,16H2,1H3. The fourth-order valence-electron chi connectivity index (χ4n) is 2.70. The van der Waals surface area contributed by atoms with Gasteiger partial charge >= 0.3 is 0 Å². The predicted octanol–water partition coefficient (Wildman–Crippen LogP) is 1.81. The van der Waals surface area contributed by atoms with Crippen molar-refractivity contribution in [3.05, 3.63) is 36.3 Å². The van der Waals surface area contributed by atoms with Crippen molar-refractivity contribution in [2.45, 2.75) is 18.9 Å². The van der Waals surface area contributed by atoms with Gasteiger partial charge in [-0.05, 0) is 25.5 Å². The van der Waals surface area contributed by atoms with Crippen LogP contribution in [0.2, 0.25) is 0 Å². The van der Waals surface area contributed by atoms with Crippen LogP contribution in [0.15, 0.2) is 30.5 Å². The Labute approximate surface area is 122 Å². The highest BCUT2D eigenvalue weighted by Crippen LogP contribution is 2.34. The first kappa shape index (κ1) is 14.1. The summed E-state index contributed by atoms with van der Waals surface area (Å²) >= 11 is 0. The first-order valence-electron chi connectivity index (χ1n) is 6.62. The smallest absolute Gasteiger partial charge is 0.152 e. The van der Waals surface area contributed by atoms with Crippen LogP contribution in [-0.2, 0) is 15.4 Å². The minimum atomic E-state index is -3.05. The average molecular weight is 309 g/mol. The number of aromatic nitrogens is 2. The molecule has 1 aromatic carbocycles. The largest absolute Gasteiger partial charge is 0.396 e. The van der Waals surface area contributed by atoms with Crippen LogP contribution in [0, 0.1) is 5.82 Å². The summed E-state index contributed by atoms with van der Waals surface area (Å²) < 4.78 is 38.8. The minimum absolute atomic E-state index is 0.0256. The second-order valence-corrected chi connectivity index (χ2v) is 7.88. The third-order valence-corrected chi connectivity index (χ3v) is 5.79. The molecule has 2 N–H and O–H groups in total. The van der Waals surface area contributed by atoms with E-state index in [9.17, 15) is 12.8 Å². The van der Waals surface area contributed by atoms with Crippen LogP contribution in [0.5, 0.6) is 0 Å². The van der Waals surface area contributed by atoms with Crippen LogP contribution >= 0.6 is 0 Å². The second kappa shape index (κ2) is 4.56. The highest BCUT2D eigenvalue weighted by Gasteiger charge is 2.41. The van der Waals surface area contributed by atoms with Crippen molar-refractivity contribution >= 4 is 15.5 Å². The Morgan fingerprint density at radius 1 is 1.38 bits per heavy atom. The van der Waals surface area contributed by atoms with E-state index in [1.54, 1.807) is 29.1 Å². The third kappa shape index (κ3) is 2.42. The average Bonchev–Trinajstić information content (AvgIpc) is 2.92. The molecule has 1 fully saturated rings. The van der Waals surface area contributed by atoms with Gasteiger partial charge in [-0.25, -0.2) is 12.8 Å². The molecule has 1 unspecified atom stereocenters. The van der Waals surface area contributed by atoms with E-state index in [4.69, 9.17) is 5.73 Å². The van der Waals surface area contributed by atoms with Crippen molar-refractivity contribution in [2.24, 2.45) is 0 Å². The lowest BCUT2D eigenvalue weighted by atomic mass is 10.0. The summed E-state index contributed by atoms with van der Waals surface area (Å²) in [7, 11) is -3.05. The summed E-state index contributed by atoms with van der Waals surface area (Å²) in [6.07, 6.45) is 2.07. The maximum absolute atomic E-state index is 13.9. The van der Waals surface area contributed by atoms with Crippen LogP contribution in [0.25, 0.3) is 11.3 Å². The molecule has 112 valence electrons. The van der Waals surface area contributed by atoms with E-state index >= 15 is 0 Å². The molecule has 0 radical (unpaired) electrons. The van der Waals surface area contributed by atoms with Crippen LogP contribution < -0.4 is 5.73 Å². The van der Waals surface area contributed by atoms with E-state index < -0.39 is 21.2 Å². The van der Waals surface area contributed by atoms with Gasteiger partial charge in [0.2, 0.25) is 0 Å². The number of hydrogen-bond donors (Lipinski definition) is 1. The molecule has 7 heteroatoms. The molecule has 3 rings (SSSR count). The van der Waals surface area contributed by atoms with E-state index in [1.807, 2.05) is 6.92 Å². The molecule has 1 aliphatic heterocycles. The molecule has 1 atom stereocenters. The molecular weight excluding hydrogens is 293 g/mol.